The molecule has 2 aromatic carbocycles. The van der Waals surface area contributed by atoms with E-state index in [1.165, 1.54) is 0 Å². The van der Waals surface area contributed by atoms with Crippen LogP contribution in [0.2, 0.25) is 0 Å². The summed E-state index contributed by atoms with van der Waals surface area (Å²) in [5, 5.41) is 5.62. The van der Waals surface area contributed by atoms with Gasteiger partial charge < -0.3 is 15.4 Å². The highest BCUT2D eigenvalue weighted by Crippen LogP contribution is 2.15. The molecule has 2 amide bonds. The summed E-state index contributed by atoms with van der Waals surface area (Å²) in [6.07, 6.45) is 1.05. The number of carbonyl (C=O) groups is 2. The Hall–Kier alpha value is -2.82. The second kappa shape index (κ2) is 10.4. The van der Waals surface area contributed by atoms with E-state index in [-0.39, 0.29) is 18.4 Å². The molecule has 2 rings (SSSR count). The van der Waals surface area contributed by atoms with Crippen LogP contribution in [0, 0.1) is 5.92 Å². The first-order valence-electron chi connectivity index (χ1n) is 9.40. The van der Waals surface area contributed by atoms with Gasteiger partial charge in [0, 0.05) is 5.69 Å². The van der Waals surface area contributed by atoms with Gasteiger partial charge in [0.1, 0.15) is 12.6 Å². The van der Waals surface area contributed by atoms with Gasteiger partial charge in [0.25, 0.3) is 0 Å². The zero-order valence-corrected chi connectivity index (χ0v) is 16.2. The van der Waals surface area contributed by atoms with Gasteiger partial charge in [-0.05, 0) is 35.6 Å². The Labute approximate surface area is 161 Å². The number of benzene rings is 2. The predicted molar refractivity (Wildman–Crippen MR) is 107 cm³/mol. The Morgan fingerprint density at radius 3 is 2.37 bits per heavy atom. The molecule has 144 valence electrons. The summed E-state index contributed by atoms with van der Waals surface area (Å²) in [4.78, 5) is 24.9. The van der Waals surface area contributed by atoms with Crippen LogP contribution in [0.4, 0.5) is 10.5 Å². The average Bonchev–Trinajstić information content (AvgIpc) is 2.70. The number of nitrogens with one attached hydrogen (secondary N) is 2. The van der Waals surface area contributed by atoms with Crippen molar-refractivity contribution in [2.75, 3.05) is 5.32 Å². The number of alkyl carbamates (subject to hydrolysis) is 1. The molecular formula is C22H28N2O3. The monoisotopic (exact) mass is 368 g/mol. The first-order valence-corrected chi connectivity index (χ1v) is 9.40. The second-order valence-electron chi connectivity index (χ2n) is 6.61. The van der Waals surface area contributed by atoms with Crippen molar-refractivity contribution in [2.24, 2.45) is 5.92 Å². The molecule has 27 heavy (non-hydrogen) atoms. The maximum Gasteiger partial charge on any atom is 0.408 e. The lowest BCUT2D eigenvalue weighted by Crippen LogP contribution is -2.47. The van der Waals surface area contributed by atoms with E-state index in [2.05, 4.69) is 17.6 Å². The molecule has 5 heteroatoms. The summed E-state index contributed by atoms with van der Waals surface area (Å²) in [5.74, 6) is -0.266. The minimum absolute atomic E-state index is 0.0244. The predicted octanol–water partition coefficient (Wildman–Crippen LogP) is 4.53. The van der Waals surface area contributed by atoms with Crippen molar-refractivity contribution in [1.82, 2.24) is 5.32 Å². The van der Waals surface area contributed by atoms with Crippen LogP contribution in [0.1, 0.15) is 38.3 Å². The fraction of sp³-hybridized carbons (Fsp3) is 0.364. The average molecular weight is 368 g/mol. The molecule has 0 fully saturated rings. The highest BCUT2D eigenvalue weighted by molar-refractivity contribution is 5.96. The lowest BCUT2D eigenvalue weighted by Gasteiger charge is -2.23. The highest BCUT2D eigenvalue weighted by Gasteiger charge is 2.26. The van der Waals surface area contributed by atoms with E-state index in [0.29, 0.717) is 0 Å². The van der Waals surface area contributed by atoms with Gasteiger partial charge in [0.15, 0.2) is 0 Å². The molecule has 2 atom stereocenters. The molecule has 0 saturated carbocycles. The van der Waals surface area contributed by atoms with Crippen molar-refractivity contribution in [3.63, 3.8) is 0 Å². The molecule has 0 heterocycles. The maximum absolute atomic E-state index is 12.7. The minimum Gasteiger partial charge on any atom is -0.445 e. The molecule has 0 aliphatic carbocycles. The summed E-state index contributed by atoms with van der Waals surface area (Å²) in [7, 11) is 0. The third-order valence-electron chi connectivity index (χ3n) is 4.58. The van der Waals surface area contributed by atoms with E-state index >= 15 is 0 Å². The minimum atomic E-state index is -0.663. The van der Waals surface area contributed by atoms with E-state index < -0.39 is 12.1 Å². The van der Waals surface area contributed by atoms with Crippen molar-refractivity contribution in [3.05, 3.63) is 65.7 Å². The van der Waals surface area contributed by atoms with Crippen LogP contribution in [0.25, 0.3) is 0 Å². The van der Waals surface area contributed by atoms with E-state index in [9.17, 15) is 9.59 Å². The van der Waals surface area contributed by atoms with Crippen LogP contribution in [-0.4, -0.2) is 18.0 Å². The van der Waals surface area contributed by atoms with Gasteiger partial charge in [-0.1, -0.05) is 69.7 Å². The van der Waals surface area contributed by atoms with Crippen LogP contribution in [0.5, 0.6) is 0 Å². The maximum atomic E-state index is 12.7. The molecule has 0 unspecified atom stereocenters. The van der Waals surface area contributed by atoms with Gasteiger partial charge in [-0.3, -0.25) is 4.79 Å². The SMILES string of the molecule is CCc1cccc(NC(=O)[C@@H](NC(=O)OCc2ccccc2)[C@@H](C)CC)c1. The number of rotatable bonds is 8. The molecule has 5 nitrogen and oxygen atoms in total. The van der Waals surface area contributed by atoms with Gasteiger partial charge in [-0.25, -0.2) is 4.79 Å². The summed E-state index contributed by atoms with van der Waals surface area (Å²) >= 11 is 0. The lowest BCUT2D eigenvalue weighted by atomic mass is 9.98. The van der Waals surface area contributed by atoms with Crippen LogP contribution >= 0.6 is 0 Å². The third kappa shape index (κ3) is 6.44. The zero-order valence-electron chi connectivity index (χ0n) is 16.2. The molecule has 0 aliphatic rings. The number of amides is 2. The highest BCUT2D eigenvalue weighted by atomic mass is 16.5. The van der Waals surface area contributed by atoms with Gasteiger partial charge in [-0.2, -0.15) is 0 Å². The third-order valence-corrected chi connectivity index (χ3v) is 4.58. The molecule has 2 N–H and O–H groups in total. The first kappa shape index (κ1) is 20.5. The Morgan fingerprint density at radius 1 is 1.00 bits per heavy atom. The summed E-state index contributed by atoms with van der Waals surface area (Å²) < 4.78 is 5.26. The van der Waals surface area contributed by atoms with Gasteiger partial charge in [0.05, 0.1) is 0 Å². The molecule has 0 aromatic heterocycles. The topological polar surface area (TPSA) is 67.4 Å². The molecule has 0 bridgehead atoms. The Morgan fingerprint density at radius 2 is 1.70 bits per heavy atom. The summed E-state index contributed by atoms with van der Waals surface area (Å²) in [6.45, 7) is 6.15. The van der Waals surface area contributed by atoms with Gasteiger partial charge >= 0.3 is 6.09 Å². The first-order chi connectivity index (χ1) is 13.0. The van der Waals surface area contributed by atoms with Crippen molar-refractivity contribution in [3.8, 4) is 0 Å². The normalized spacial score (nSPS) is 12.7. The molecule has 0 spiro atoms. The van der Waals surface area contributed by atoms with Gasteiger partial charge in [-0.15, -0.1) is 0 Å². The van der Waals surface area contributed by atoms with Crippen LogP contribution in [-0.2, 0) is 22.6 Å². The van der Waals surface area contributed by atoms with E-state index in [1.807, 2.05) is 68.4 Å². The number of hydrogen-bond donors (Lipinski definition) is 2. The summed E-state index contributed by atoms with van der Waals surface area (Å²) in [6, 6.07) is 16.5. The Bertz CT molecular complexity index is 746. The largest absolute Gasteiger partial charge is 0.445 e. The summed E-state index contributed by atoms with van der Waals surface area (Å²) in [5.41, 5.74) is 2.77. The fourth-order valence-corrected chi connectivity index (χ4v) is 2.68. The van der Waals surface area contributed by atoms with Gasteiger partial charge in [0.2, 0.25) is 5.91 Å². The lowest BCUT2D eigenvalue weighted by molar-refractivity contribution is -0.119. The number of ether oxygens (including phenoxy) is 1. The molecule has 0 radical (unpaired) electrons. The fourth-order valence-electron chi connectivity index (χ4n) is 2.68. The van der Waals surface area contributed by atoms with E-state index in [0.717, 1.165) is 29.7 Å². The molecule has 0 aliphatic heterocycles. The number of anilines is 1. The molecule has 2 aromatic rings. The van der Waals surface area contributed by atoms with Crippen molar-refractivity contribution < 1.29 is 14.3 Å². The van der Waals surface area contributed by atoms with Crippen LogP contribution < -0.4 is 10.6 Å². The Balaban J connectivity index is 1.98. The smallest absolute Gasteiger partial charge is 0.408 e. The number of hydrogen-bond acceptors (Lipinski definition) is 3. The Kier molecular flexibility index (Phi) is 7.86. The van der Waals surface area contributed by atoms with Crippen LogP contribution in [0.15, 0.2) is 54.6 Å². The van der Waals surface area contributed by atoms with Crippen molar-refractivity contribution >= 4 is 17.7 Å². The number of aryl methyl sites for hydroxylation is 1. The quantitative estimate of drug-likeness (QED) is 0.719. The van der Waals surface area contributed by atoms with E-state index in [1.54, 1.807) is 0 Å². The van der Waals surface area contributed by atoms with Crippen molar-refractivity contribution in [2.45, 2.75) is 46.3 Å². The standard InChI is InChI=1S/C22H28N2O3/c1-4-16(3)20(21(25)23-19-13-9-12-17(5-2)14-19)24-22(26)27-15-18-10-7-6-8-11-18/h6-14,16,20H,4-5,15H2,1-3H3,(H,23,25)(H,24,26)/t16-,20-/m0/s1. The molecule has 0 saturated heterocycles. The van der Waals surface area contributed by atoms with E-state index in [4.69, 9.17) is 4.74 Å². The second-order valence-corrected chi connectivity index (χ2v) is 6.61. The zero-order chi connectivity index (χ0) is 19.6. The van der Waals surface area contributed by atoms with Crippen LogP contribution in [0.3, 0.4) is 0 Å². The molecular weight excluding hydrogens is 340 g/mol. The van der Waals surface area contributed by atoms with Crippen molar-refractivity contribution in [1.29, 1.82) is 0 Å². The number of carbonyl (C=O) groups excluding carboxylic acids is 2.